The monoisotopic (exact) mass is 793 g/mol. The minimum atomic E-state index is -1.31. The lowest BCUT2D eigenvalue weighted by molar-refractivity contribution is -0.163. The van der Waals surface area contributed by atoms with E-state index in [1.54, 1.807) is 22.0 Å². The van der Waals surface area contributed by atoms with Crippen LogP contribution in [0.3, 0.4) is 0 Å². The van der Waals surface area contributed by atoms with E-state index < -0.39 is 47.7 Å². The maximum absolute atomic E-state index is 15.0. The van der Waals surface area contributed by atoms with Crippen molar-refractivity contribution in [3.63, 3.8) is 0 Å². The van der Waals surface area contributed by atoms with Gasteiger partial charge in [0.1, 0.15) is 17.7 Å². The van der Waals surface area contributed by atoms with E-state index in [9.17, 15) is 19.5 Å². The Hall–Kier alpha value is -3.84. The van der Waals surface area contributed by atoms with Gasteiger partial charge in [-0.2, -0.15) is 0 Å². The van der Waals surface area contributed by atoms with E-state index in [0.717, 1.165) is 11.1 Å². The first-order chi connectivity index (χ1) is 25.5. The number of hydrogen-bond donors (Lipinski definition) is 2. The average Bonchev–Trinajstić information content (AvgIpc) is 3.74. The highest BCUT2D eigenvalue weighted by Gasteiger charge is 2.77. The van der Waals surface area contributed by atoms with Gasteiger partial charge in [0.2, 0.25) is 11.8 Å². The number of methoxy groups -OCH3 is 1. The van der Waals surface area contributed by atoms with E-state index in [1.165, 1.54) is 7.11 Å². The number of carbonyl (C=O) groups is 4. The Balaban J connectivity index is 1.53. The van der Waals surface area contributed by atoms with Crippen molar-refractivity contribution in [3.05, 3.63) is 90.5 Å². The van der Waals surface area contributed by atoms with E-state index in [1.807, 2.05) is 62.4 Å². The summed E-state index contributed by atoms with van der Waals surface area (Å²) in [5.74, 6) is -3.56. The third kappa shape index (κ3) is 8.30. The number of ether oxygens (including phenoxy) is 3. The van der Waals surface area contributed by atoms with Crippen molar-refractivity contribution in [3.8, 4) is 0 Å². The van der Waals surface area contributed by atoms with Crippen molar-refractivity contribution in [1.29, 1.82) is 0 Å². The number of rotatable bonds is 19. The molecular weight excluding hydrogens is 742 g/mol. The molecule has 12 heteroatoms. The van der Waals surface area contributed by atoms with Gasteiger partial charge >= 0.3 is 5.97 Å². The van der Waals surface area contributed by atoms with Crippen LogP contribution in [-0.4, -0.2) is 95.7 Å². The number of nitrogens with zero attached hydrogens (tertiary/aromatic N) is 2. The summed E-state index contributed by atoms with van der Waals surface area (Å²) >= 11 is 3.76. The predicted molar refractivity (Wildman–Crippen MR) is 205 cm³/mol. The van der Waals surface area contributed by atoms with Crippen molar-refractivity contribution in [2.45, 2.75) is 87.1 Å². The highest BCUT2D eigenvalue weighted by Crippen LogP contribution is 2.60. The summed E-state index contributed by atoms with van der Waals surface area (Å²) in [4.78, 5) is 60.2. The SMILES string of the molecule is C=CCCC(=O)N[C@H](COC)[C@H](OC(=O)[C@H]1[C@@H]2O[C@@]3(CC2Br)[C@@H]1C(=O)N(CCCCCO)[C@@H]3C(=O)N(CC=C)c1cc(C)ccc1C)c1ccccc1. The van der Waals surface area contributed by atoms with Crippen LogP contribution < -0.4 is 10.2 Å². The Morgan fingerprint density at radius 2 is 1.89 bits per heavy atom. The van der Waals surface area contributed by atoms with Gasteiger partial charge in [0, 0.05) is 43.7 Å². The molecule has 53 heavy (non-hydrogen) atoms. The van der Waals surface area contributed by atoms with Gasteiger partial charge in [0.25, 0.3) is 5.91 Å². The molecule has 3 aliphatic heterocycles. The number of esters is 1. The first-order valence-electron chi connectivity index (χ1n) is 18.4. The maximum atomic E-state index is 15.0. The molecule has 2 bridgehead atoms. The van der Waals surface area contributed by atoms with Gasteiger partial charge in [-0.3, -0.25) is 19.2 Å². The van der Waals surface area contributed by atoms with Gasteiger partial charge in [0.05, 0.1) is 30.6 Å². The number of aliphatic hydroxyl groups excluding tert-OH is 1. The number of alkyl halides is 1. The van der Waals surface area contributed by atoms with E-state index in [-0.39, 0.29) is 55.3 Å². The van der Waals surface area contributed by atoms with Crippen LogP contribution in [0.2, 0.25) is 0 Å². The first-order valence-corrected chi connectivity index (χ1v) is 19.3. The van der Waals surface area contributed by atoms with Crippen LogP contribution in [0.5, 0.6) is 0 Å². The molecule has 0 radical (unpaired) electrons. The Kier molecular flexibility index (Phi) is 13.7. The highest BCUT2D eigenvalue weighted by atomic mass is 79.9. The predicted octanol–water partition coefficient (Wildman–Crippen LogP) is 5.11. The molecule has 2 aromatic rings. The second-order valence-electron chi connectivity index (χ2n) is 14.2. The maximum Gasteiger partial charge on any atom is 0.313 e. The summed E-state index contributed by atoms with van der Waals surface area (Å²) in [6.07, 6.45) is 4.42. The van der Waals surface area contributed by atoms with Crippen LogP contribution in [-0.2, 0) is 33.4 Å². The number of anilines is 1. The lowest BCUT2D eigenvalue weighted by Crippen LogP contribution is -2.57. The second kappa shape index (κ2) is 18.0. The number of halogens is 1. The molecule has 3 fully saturated rings. The van der Waals surface area contributed by atoms with E-state index in [4.69, 9.17) is 14.2 Å². The molecule has 5 rings (SSSR count). The van der Waals surface area contributed by atoms with E-state index in [2.05, 4.69) is 34.4 Å². The quantitative estimate of drug-likeness (QED) is 0.0868. The van der Waals surface area contributed by atoms with Gasteiger partial charge < -0.3 is 34.4 Å². The third-order valence-corrected chi connectivity index (χ3v) is 11.4. The smallest absolute Gasteiger partial charge is 0.313 e. The summed E-state index contributed by atoms with van der Waals surface area (Å²) in [7, 11) is 1.51. The molecule has 11 nitrogen and oxygen atoms in total. The minimum absolute atomic E-state index is 0.0218. The molecule has 286 valence electrons. The van der Waals surface area contributed by atoms with Gasteiger partial charge in [0.15, 0.2) is 0 Å². The number of benzene rings is 2. The third-order valence-electron chi connectivity index (χ3n) is 10.6. The molecule has 1 spiro atoms. The lowest BCUT2D eigenvalue weighted by atomic mass is 9.70. The average molecular weight is 795 g/mol. The number of hydrogen-bond acceptors (Lipinski definition) is 8. The molecule has 3 aliphatic rings. The fourth-order valence-electron chi connectivity index (χ4n) is 8.21. The van der Waals surface area contributed by atoms with Crippen molar-refractivity contribution in [1.82, 2.24) is 10.2 Å². The number of likely N-dealkylation sites (tertiary alicyclic amines) is 1. The summed E-state index contributed by atoms with van der Waals surface area (Å²) in [5, 5.41) is 12.4. The number of aliphatic hydroxyl groups is 1. The number of nitrogens with one attached hydrogen (secondary N) is 1. The largest absolute Gasteiger partial charge is 0.455 e. The number of carbonyl (C=O) groups excluding carboxylic acids is 4. The molecule has 8 atom stereocenters. The van der Waals surface area contributed by atoms with Crippen molar-refractivity contribution in [2.75, 3.05) is 38.3 Å². The summed E-state index contributed by atoms with van der Waals surface area (Å²) < 4.78 is 18.6. The normalized spacial score (nSPS) is 25.4. The van der Waals surface area contributed by atoms with Crippen molar-refractivity contribution < 1.29 is 38.5 Å². The summed E-state index contributed by atoms with van der Waals surface area (Å²) in [5.41, 5.74) is 1.92. The number of allylic oxidation sites excluding steroid dienone is 1. The molecule has 3 saturated heterocycles. The fraction of sp³-hybridized carbons (Fsp3) is 0.512. The molecule has 0 saturated carbocycles. The Labute approximate surface area is 320 Å². The van der Waals surface area contributed by atoms with Gasteiger partial charge in [-0.25, -0.2) is 0 Å². The second-order valence-corrected chi connectivity index (χ2v) is 15.4. The van der Waals surface area contributed by atoms with Gasteiger partial charge in [-0.15, -0.1) is 13.2 Å². The van der Waals surface area contributed by atoms with Crippen LogP contribution in [0.1, 0.15) is 61.3 Å². The number of fused-ring (bicyclic) bond motifs is 1. The van der Waals surface area contributed by atoms with Crippen LogP contribution in [0.25, 0.3) is 0 Å². The molecule has 2 aromatic carbocycles. The van der Waals surface area contributed by atoms with Gasteiger partial charge in [-0.1, -0.05) is 70.5 Å². The Bertz CT molecular complexity index is 1650. The topological polar surface area (TPSA) is 135 Å². The zero-order chi connectivity index (χ0) is 38.3. The Morgan fingerprint density at radius 3 is 2.57 bits per heavy atom. The first kappa shape index (κ1) is 40.3. The summed E-state index contributed by atoms with van der Waals surface area (Å²) in [6, 6.07) is 13.2. The molecular formula is C41H52BrN3O8. The lowest BCUT2D eigenvalue weighted by Gasteiger charge is -2.37. The zero-order valence-electron chi connectivity index (χ0n) is 30.9. The van der Waals surface area contributed by atoms with Crippen LogP contribution in [0.15, 0.2) is 73.8 Å². The molecule has 0 aromatic heterocycles. The molecule has 3 heterocycles. The summed E-state index contributed by atoms with van der Waals surface area (Å²) in [6.45, 7) is 12.1. The van der Waals surface area contributed by atoms with E-state index >= 15 is 4.79 Å². The number of aryl methyl sites for hydroxylation is 2. The van der Waals surface area contributed by atoms with Crippen LogP contribution in [0, 0.1) is 25.7 Å². The molecule has 0 aliphatic carbocycles. The standard InChI is InChI=1S/C41H52BrN3O8/c1-6-8-17-32(47)43-30(25-51-5)35(28-15-11-9-12-16-28)52-40(50)33-34-38(48)45(21-13-10-14-22-46)37(41(34)24-29(42)36(33)53-41)39(49)44(20-7-2)31-23-26(3)18-19-27(31)4/h6-7,9,11-12,15-16,18-19,23,29-30,33-37,46H,1-2,8,10,13-14,17,20-22,24-25H2,3-5H3,(H,43,47)/t29?,30-,33-,34+,35-,36-,37-,41+/m1/s1. The van der Waals surface area contributed by atoms with Crippen molar-refractivity contribution in [2.24, 2.45) is 11.8 Å². The Morgan fingerprint density at radius 1 is 1.13 bits per heavy atom. The zero-order valence-corrected chi connectivity index (χ0v) is 32.5. The van der Waals surface area contributed by atoms with E-state index in [0.29, 0.717) is 43.4 Å². The van der Waals surface area contributed by atoms with Crippen LogP contribution >= 0.6 is 15.9 Å². The fourth-order valence-corrected chi connectivity index (χ4v) is 9.15. The molecule has 2 N–H and O–H groups in total. The van der Waals surface area contributed by atoms with Gasteiger partial charge in [-0.05, 0) is 68.7 Å². The number of unbranched alkanes of at least 4 members (excludes halogenated alkanes) is 2. The minimum Gasteiger partial charge on any atom is -0.455 e. The van der Waals surface area contributed by atoms with Crippen molar-refractivity contribution >= 4 is 45.3 Å². The molecule has 3 amide bonds. The number of amides is 3. The molecule has 1 unspecified atom stereocenters. The highest BCUT2D eigenvalue weighted by molar-refractivity contribution is 9.09. The van der Waals surface area contributed by atoms with Crippen LogP contribution in [0.4, 0.5) is 5.69 Å².